The van der Waals surface area contributed by atoms with Crippen molar-refractivity contribution in [1.82, 2.24) is 0 Å². The molecule has 0 bridgehead atoms. The van der Waals surface area contributed by atoms with E-state index in [1.54, 1.807) is 12.1 Å². The second kappa shape index (κ2) is 11.2. The number of anilines is 1. The van der Waals surface area contributed by atoms with Crippen LogP contribution in [0.4, 0.5) is 18.9 Å². The van der Waals surface area contributed by atoms with E-state index in [0.29, 0.717) is 18.3 Å². The van der Waals surface area contributed by atoms with Crippen LogP contribution in [0.25, 0.3) is 10.4 Å². The minimum atomic E-state index is -1.13. The van der Waals surface area contributed by atoms with Gasteiger partial charge in [-0.3, -0.25) is 0 Å². The summed E-state index contributed by atoms with van der Waals surface area (Å²) in [6, 6.07) is 7.40. The molecule has 0 aromatic heterocycles. The molecule has 0 fully saturated rings. The van der Waals surface area contributed by atoms with Crippen LogP contribution in [0.2, 0.25) is 0 Å². The zero-order valence-corrected chi connectivity index (χ0v) is 15.6. The number of halogens is 3. The second-order valence-corrected chi connectivity index (χ2v) is 6.24. The minimum Gasteiger partial charge on any atom is -0.493 e. The molecule has 156 valence electrons. The minimum absolute atomic E-state index is 0.0888. The number of ether oxygens (including phenoxy) is 2. The summed E-state index contributed by atoms with van der Waals surface area (Å²) in [6.07, 6.45) is -1.50. The van der Waals surface area contributed by atoms with Gasteiger partial charge in [-0.25, -0.2) is 13.2 Å². The molecular formula is C19H21F3N4O3. The fourth-order valence-electron chi connectivity index (χ4n) is 2.57. The molecule has 2 aromatic carbocycles. The Balaban J connectivity index is 1.92. The molecule has 0 spiro atoms. The average molecular weight is 410 g/mol. The highest BCUT2D eigenvalue weighted by atomic mass is 19.1. The van der Waals surface area contributed by atoms with Crippen LogP contribution in [0.3, 0.4) is 0 Å². The van der Waals surface area contributed by atoms with Crippen molar-refractivity contribution in [3.63, 3.8) is 0 Å². The number of azide groups is 1. The number of nitrogens with zero attached hydrogens (tertiary/aromatic N) is 3. The lowest BCUT2D eigenvalue weighted by Gasteiger charge is -2.24. The summed E-state index contributed by atoms with van der Waals surface area (Å²) in [5.41, 5.74) is 9.41. The molecule has 0 amide bonds. The van der Waals surface area contributed by atoms with Gasteiger partial charge in [-0.05, 0) is 29.8 Å². The highest BCUT2D eigenvalue weighted by Gasteiger charge is 2.23. The van der Waals surface area contributed by atoms with E-state index in [-0.39, 0.29) is 24.6 Å². The highest BCUT2D eigenvalue weighted by molar-refractivity contribution is 5.42. The third kappa shape index (κ3) is 7.53. The van der Waals surface area contributed by atoms with Crippen molar-refractivity contribution < 1.29 is 27.8 Å². The van der Waals surface area contributed by atoms with Gasteiger partial charge in [0, 0.05) is 48.9 Å². The molecule has 0 aliphatic heterocycles. The van der Waals surface area contributed by atoms with E-state index >= 15 is 0 Å². The van der Waals surface area contributed by atoms with E-state index in [0.717, 1.165) is 12.1 Å². The van der Waals surface area contributed by atoms with Gasteiger partial charge >= 0.3 is 0 Å². The van der Waals surface area contributed by atoms with Crippen LogP contribution < -0.4 is 10.1 Å². The van der Waals surface area contributed by atoms with Crippen molar-refractivity contribution in [2.24, 2.45) is 5.11 Å². The second-order valence-electron chi connectivity index (χ2n) is 6.24. The molecule has 0 heterocycles. The Kier molecular flexibility index (Phi) is 8.60. The van der Waals surface area contributed by atoms with E-state index in [9.17, 15) is 18.3 Å². The molecular weight excluding hydrogens is 389 g/mol. The summed E-state index contributed by atoms with van der Waals surface area (Å²) in [7, 11) is 1.46. The van der Waals surface area contributed by atoms with Gasteiger partial charge in [-0.1, -0.05) is 5.11 Å². The number of methoxy groups -OCH3 is 1. The SMILES string of the molecule is CO[C@@H](CNc1ccc(F)cc1)C[C@H](O)[C@H](COc1cc(F)cc(F)c1)N=[N+]=[N-]. The fourth-order valence-corrected chi connectivity index (χ4v) is 2.57. The van der Waals surface area contributed by atoms with E-state index in [1.807, 2.05) is 0 Å². The fraction of sp³-hybridized carbons (Fsp3) is 0.368. The number of aliphatic hydroxyl groups is 1. The maximum atomic E-state index is 13.2. The van der Waals surface area contributed by atoms with Crippen LogP contribution in [0.1, 0.15) is 6.42 Å². The van der Waals surface area contributed by atoms with Gasteiger partial charge in [0.25, 0.3) is 0 Å². The van der Waals surface area contributed by atoms with E-state index < -0.39 is 29.9 Å². The Hall–Kier alpha value is -2.94. The molecule has 2 N–H and O–H groups in total. The predicted octanol–water partition coefficient (Wildman–Crippen LogP) is 4.04. The van der Waals surface area contributed by atoms with Gasteiger partial charge < -0.3 is 19.9 Å². The zero-order valence-electron chi connectivity index (χ0n) is 15.6. The van der Waals surface area contributed by atoms with Crippen molar-refractivity contribution in [1.29, 1.82) is 0 Å². The average Bonchev–Trinajstić information content (AvgIpc) is 2.68. The Labute approximate surface area is 165 Å². The van der Waals surface area contributed by atoms with Crippen LogP contribution in [-0.4, -0.2) is 43.6 Å². The summed E-state index contributed by atoms with van der Waals surface area (Å²) >= 11 is 0. The standard InChI is InChI=1S/C19H21F3N4O3/c1-28-17(10-24-15-4-2-12(20)3-5-15)9-19(27)18(25-26-23)11-29-16-7-13(21)6-14(22)8-16/h2-8,17-19,24,27H,9-11H2,1H3/t17-,18+,19+/m1/s1. The van der Waals surface area contributed by atoms with Crippen LogP contribution in [-0.2, 0) is 4.74 Å². The van der Waals surface area contributed by atoms with E-state index in [1.165, 1.54) is 19.2 Å². The molecule has 3 atom stereocenters. The predicted molar refractivity (Wildman–Crippen MR) is 101 cm³/mol. The van der Waals surface area contributed by atoms with Crippen molar-refractivity contribution in [3.8, 4) is 5.75 Å². The summed E-state index contributed by atoms with van der Waals surface area (Å²) in [6.45, 7) is 0.0219. The number of hydrogen-bond donors (Lipinski definition) is 2. The molecule has 0 saturated carbocycles. The first-order chi connectivity index (χ1) is 13.9. The molecule has 29 heavy (non-hydrogen) atoms. The van der Waals surface area contributed by atoms with Gasteiger partial charge in [0.2, 0.25) is 0 Å². The number of hydrogen-bond acceptors (Lipinski definition) is 5. The van der Waals surface area contributed by atoms with E-state index in [2.05, 4.69) is 15.3 Å². The van der Waals surface area contributed by atoms with Crippen molar-refractivity contribution in [2.75, 3.05) is 25.6 Å². The van der Waals surface area contributed by atoms with Gasteiger partial charge in [-0.2, -0.15) is 0 Å². The molecule has 0 aliphatic rings. The third-order valence-electron chi connectivity index (χ3n) is 4.12. The topological polar surface area (TPSA) is 99.5 Å². The lowest BCUT2D eigenvalue weighted by molar-refractivity contribution is 0.0344. The number of nitrogens with one attached hydrogen (secondary N) is 1. The van der Waals surface area contributed by atoms with Crippen LogP contribution in [0.5, 0.6) is 5.75 Å². The van der Waals surface area contributed by atoms with Gasteiger partial charge in [0.05, 0.1) is 24.9 Å². The van der Waals surface area contributed by atoms with Crippen molar-refractivity contribution >= 4 is 5.69 Å². The molecule has 10 heteroatoms. The van der Waals surface area contributed by atoms with Gasteiger partial charge in [0.1, 0.15) is 23.2 Å². The van der Waals surface area contributed by atoms with Crippen molar-refractivity contribution in [3.05, 3.63) is 70.4 Å². The number of rotatable bonds is 11. The lowest BCUT2D eigenvalue weighted by atomic mass is 10.1. The number of benzene rings is 2. The first-order valence-corrected chi connectivity index (χ1v) is 8.74. The Morgan fingerprint density at radius 1 is 1.10 bits per heavy atom. The Bertz CT molecular complexity index is 812. The third-order valence-corrected chi connectivity index (χ3v) is 4.12. The largest absolute Gasteiger partial charge is 0.493 e. The van der Waals surface area contributed by atoms with E-state index in [4.69, 9.17) is 15.0 Å². The van der Waals surface area contributed by atoms with Crippen LogP contribution >= 0.6 is 0 Å². The Morgan fingerprint density at radius 3 is 2.34 bits per heavy atom. The van der Waals surface area contributed by atoms with Gasteiger partial charge in [0.15, 0.2) is 0 Å². The smallest absolute Gasteiger partial charge is 0.129 e. The van der Waals surface area contributed by atoms with Gasteiger partial charge in [-0.15, -0.1) is 0 Å². The zero-order chi connectivity index (χ0) is 21.2. The maximum absolute atomic E-state index is 13.2. The van der Waals surface area contributed by atoms with Crippen molar-refractivity contribution in [2.45, 2.75) is 24.7 Å². The molecule has 2 rings (SSSR count). The summed E-state index contributed by atoms with van der Waals surface area (Å²) < 4.78 is 50.0. The molecule has 0 saturated heterocycles. The molecule has 0 aliphatic carbocycles. The van der Waals surface area contributed by atoms with Crippen LogP contribution in [0, 0.1) is 17.5 Å². The first-order valence-electron chi connectivity index (χ1n) is 8.74. The number of aliphatic hydroxyl groups excluding tert-OH is 1. The summed E-state index contributed by atoms with van der Waals surface area (Å²) in [4.78, 5) is 2.68. The molecule has 2 aromatic rings. The summed E-state index contributed by atoms with van der Waals surface area (Å²) in [5, 5.41) is 17.0. The normalized spacial score (nSPS) is 13.8. The first kappa shape index (κ1) is 22.4. The molecule has 0 radical (unpaired) electrons. The summed E-state index contributed by atoms with van der Waals surface area (Å²) in [5.74, 6) is -2.07. The lowest BCUT2D eigenvalue weighted by Crippen LogP contribution is -2.36. The highest BCUT2D eigenvalue weighted by Crippen LogP contribution is 2.18. The maximum Gasteiger partial charge on any atom is 0.129 e. The molecule has 0 unspecified atom stereocenters. The molecule has 7 nitrogen and oxygen atoms in total. The quantitative estimate of drug-likeness (QED) is 0.332. The Morgan fingerprint density at radius 2 is 1.76 bits per heavy atom. The monoisotopic (exact) mass is 410 g/mol. The van der Waals surface area contributed by atoms with Crippen LogP contribution in [0.15, 0.2) is 47.6 Å².